The van der Waals surface area contributed by atoms with Crippen molar-refractivity contribution in [2.75, 3.05) is 26.3 Å². The van der Waals surface area contributed by atoms with Gasteiger partial charge in [-0.3, -0.25) is 0 Å². The highest BCUT2D eigenvalue weighted by molar-refractivity contribution is 5.78. The standard InChI is InChI=1S/C18H27NO/c1-5-18(16-12-10-9-11-13-16)17(15-20-8-4)14-19(6-2)7-3/h5,9-14H,6-8,15H2,1-4H3/b17-14-,18-5+. The molecule has 0 amide bonds. The Morgan fingerprint density at radius 2 is 1.75 bits per heavy atom. The van der Waals surface area contributed by atoms with E-state index < -0.39 is 0 Å². The number of allylic oxidation sites excluding steroid dienone is 1. The Bertz CT molecular complexity index is 430. The van der Waals surface area contributed by atoms with Crippen molar-refractivity contribution in [2.45, 2.75) is 27.7 Å². The summed E-state index contributed by atoms with van der Waals surface area (Å²) in [7, 11) is 0. The van der Waals surface area contributed by atoms with Crippen LogP contribution in [0.25, 0.3) is 5.57 Å². The summed E-state index contributed by atoms with van der Waals surface area (Å²) in [6, 6.07) is 10.5. The average Bonchev–Trinajstić information content (AvgIpc) is 2.51. The Balaban J connectivity index is 3.07. The molecule has 2 nitrogen and oxygen atoms in total. The van der Waals surface area contributed by atoms with E-state index in [0.29, 0.717) is 6.61 Å². The third-order valence-electron chi connectivity index (χ3n) is 3.33. The highest BCUT2D eigenvalue weighted by atomic mass is 16.5. The Kier molecular flexibility index (Phi) is 7.74. The van der Waals surface area contributed by atoms with E-state index in [1.165, 1.54) is 16.7 Å². The van der Waals surface area contributed by atoms with E-state index in [0.717, 1.165) is 19.7 Å². The quantitative estimate of drug-likeness (QED) is 0.653. The van der Waals surface area contributed by atoms with Crippen molar-refractivity contribution in [1.82, 2.24) is 4.90 Å². The molecule has 0 N–H and O–H groups in total. The maximum Gasteiger partial charge on any atom is 0.0736 e. The molecule has 0 atom stereocenters. The molecule has 0 saturated carbocycles. The van der Waals surface area contributed by atoms with Crippen molar-refractivity contribution < 1.29 is 4.74 Å². The molecular weight excluding hydrogens is 246 g/mol. The minimum absolute atomic E-state index is 0.654. The maximum atomic E-state index is 5.65. The summed E-state index contributed by atoms with van der Waals surface area (Å²) >= 11 is 0. The molecule has 1 aromatic carbocycles. The minimum Gasteiger partial charge on any atom is -0.378 e. The number of hydrogen-bond acceptors (Lipinski definition) is 2. The van der Waals surface area contributed by atoms with Crippen LogP contribution in [0.4, 0.5) is 0 Å². The molecule has 1 rings (SSSR count). The van der Waals surface area contributed by atoms with Crippen LogP contribution in [-0.4, -0.2) is 31.2 Å². The topological polar surface area (TPSA) is 12.5 Å². The third kappa shape index (κ3) is 4.86. The SMILES string of the molecule is C/C=C(/C(=C\N(CC)CC)COCC)c1ccccc1. The van der Waals surface area contributed by atoms with Crippen LogP contribution < -0.4 is 0 Å². The van der Waals surface area contributed by atoms with Gasteiger partial charge in [-0.2, -0.15) is 0 Å². The first-order valence-corrected chi connectivity index (χ1v) is 7.51. The van der Waals surface area contributed by atoms with Gasteiger partial charge in [-0.15, -0.1) is 0 Å². The van der Waals surface area contributed by atoms with Gasteiger partial charge in [-0.25, -0.2) is 0 Å². The van der Waals surface area contributed by atoms with E-state index in [2.05, 4.69) is 62.2 Å². The van der Waals surface area contributed by atoms with Crippen molar-refractivity contribution in [3.63, 3.8) is 0 Å². The van der Waals surface area contributed by atoms with Crippen LogP contribution in [0.15, 0.2) is 48.2 Å². The van der Waals surface area contributed by atoms with Crippen LogP contribution >= 0.6 is 0 Å². The van der Waals surface area contributed by atoms with Crippen LogP contribution in [0, 0.1) is 0 Å². The van der Waals surface area contributed by atoms with Crippen LogP contribution in [0.5, 0.6) is 0 Å². The van der Waals surface area contributed by atoms with Gasteiger partial charge in [0.25, 0.3) is 0 Å². The molecule has 0 spiro atoms. The fourth-order valence-corrected chi connectivity index (χ4v) is 2.18. The monoisotopic (exact) mass is 273 g/mol. The van der Waals surface area contributed by atoms with Gasteiger partial charge in [-0.1, -0.05) is 36.4 Å². The van der Waals surface area contributed by atoms with Crippen molar-refractivity contribution >= 4 is 5.57 Å². The fourth-order valence-electron chi connectivity index (χ4n) is 2.18. The summed E-state index contributed by atoms with van der Waals surface area (Å²) in [4.78, 5) is 2.31. The maximum absolute atomic E-state index is 5.65. The van der Waals surface area contributed by atoms with Crippen molar-refractivity contribution in [3.8, 4) is 0 Å². The van der Waals surface area contributed by atoms with Crippen LogP contribution in [0.1, 0.15) is 33.3 Å². The summed E-state index contributed by atoms with van der Waals surface area (Å²) < 4.78 is 5.65. The van der Waals surface area contributed by atoms with Gasteiger partial charge >= 0.3 is 0 Å². The molecule has 0 unspecified atom stereocenters. The molecule has 110 valence electrons. The lowest BCUT2D eigenvalue weighted by atomic mass is 9.98. The number of nitrogens with zero attached hydrogens (tertiary/aromatic N) is 1. The van der Waals surface area contributed by atoms with Crippen molar-refractivity contribution in [1.29, 1.82) is 0 Å². The molecule has 0 aliphatic rings. The van der Waals surface area contributed by atoms with Crippen LogP contribution in [0.3, 0.4) is 0 Å². The molecule has 0 aliphatic carbocycles. The van der Waals surface area contributed by atoms with E-state index in [9.17, 15) is 0 Å². The van der Waals surface area contributed by atoms with Crippen LogP contribution in [0.2, 0.25) is 0 Å². The van der Waals surface area contributed by atoms with E-state index in [4.69, 9.17) is 4.74 Å². The molecule has 0 fully saturated rings. The zero-order valence-electron chi connectivity index (χ0n) is 13.2. The fraction of sp³-hybridized carbons (Fsp3) is 0.444. The highest BCUT2D eigenvalue weighted by Crippen LogP contribution is 2.23. The molecule has 1 aromatic rings. The predicted molar refractivity (Wildman–Crippen MR) is 87.6 cm³/mol. The van der Waals surface area contributed by atoms with Gasteiger partial charge in [-0.05, 0) is 38.8 Å². The Hall–Kier alpha value is -1.54. The molecule has 0 radical (unpaired) electrons. The Labute approximate surface area is 123 Å². The molecular formula is C18H27NO. The number of benzene rings is 1. The normalized spacial score (nSPS) is 12.6. The van der Waals surface area contributed by atoms with Gasteiger partial charge in [0.05, 0.1) is 6.61 Å². The van der Waals surface area contributed by atoms with Gasteiger partial charge in [0.15, 0.2) is 0 Å². The van der Waals surface area contributed by atoms with Gasteiger partial charge < -0.3 is 9.64 Å². The van der Waals surface area contributed by atoms with Crippen molar-refractivity contribution in [3.05, 3.63) is 53.7 Å². The molecule has 0 bridgehead atoms. The summed E-state index contributed by atoms with van der Waals surface area (Å²) in [5.74, 6) is 0. The Morgan fingerprint density at radius 3 is 2.25 bits per heavy atom. The van der Waals surface area contributed by atoms with Gasteiger partial charge in [0.2, 0.25) is 0 Å². The first-order chi connectivity index (χ1) is 9.76. The zero-order chi connectivity index (χ0) is 14.8. The van der Waals surface area contributed by atoms with E-state index in [1.807, 2.05) is 13.0 Å². The molecule has 0 heterocycles. The lowest BCUT2D eigenvalue weighted by molar-refractivity contribution is 0.172. The predicted octanol–water partition coefficient (Wildman–Crippen LogP) is 4.35. The summed E-state index contributed by atoms with van der Waals surface area (Å²) in [5, 5.41) is 0. The smallest absolute Gasteiger partial charge is 0.0736 e. The molecule has 0 aliphatic heterocycles. The first-order valence-electron chi connectivity index (χ1n) is 7.51. The van der Waals surface area contributed by atoms with Crippen LogP contribution in [-0.2, 0) is 4.74 Å². The summed E-state index contributed by atoms with van der Waals surface area (Å²) in [6.07, 6.45) is 4.40. The third-order valence-corrected chi connectivity index (χ3v) is 3.33. The molecule has 2 heteroatoms. The lowest BCUT2D eigenvalue weighted by Gasteiger charge is -2.20. The Morgan fingerprint density at radius 1 is 1.10 bits per heavy atom. The lowest BCUT2D eigenvalue weighted by Crippen LogP contribution is -2.18. The van der Waals surface area contributed by atoms with E-state index in [-0.39, 0.29) is 0 Å². The summed E-state index contributed by atoms with van der Waals surface area (Å²) in [6.45, 7) is 11.9. The number of hydrogen-bond donors (Lipinski definition) is 0. The largest absolute Gasteiger partial charge is 0.378 e. The minimum atomic E-state index is 0.654. The molecule has 0 saturated heterocycles. The second kappa shape index (κ2) is 9.38. The second-order valence-corrected chi connectivity index (χ2v) is 4.58. The summed E-state index contributed by atoms with van der Waals surface area (Å²) in [5.41, 5.74) is 3.74. The second-order valence-electron chi connectivity index (χ2n) is 4.58. The molecule has 20 heavy (non-hydrogen) atoms. The zero-order valence-corrected chi connectivity index (χ0v) is 13.2. The van der Waals surface area contributed by atoms with Gasteiger partial charge in [0.1, 0.15) is 0 Å². The van der Waals surface area contributed by atoms with Crippen molar-refractivity contribution in [2.24, 2.45) is 0 Å². The van der Waals surface area contributed by atoms with Gasteiger partial charge in [0, 0.05) is 31.5 Å². The average molecular weight is 273 g/mol. The van der Waals surface area contributed by atoms with E-state index in [1.54, 1.807) is 0 Å². The highest BCUT2D eigenvalue weighted by Gasteiger charge is 2.08. The number of ether oxygens (including phenoxy) is 1. The number of rotatable bonds is 8. The molecule has 0 aromatic heterocycles. The van der Waals surface area contributed by atoms with E-state index >= 15 is 0 Å². The first kappa shape index (κ1) is 16.5.